The third-order valence-corrected chi connectivity index (χ3v) is 8.76. The number of rotatable bonds is 6. The smallest absolute Gasteiger partial charge is 0.330 e. The van der Waals surface area contributed by atoms with E-state index in [2.05, 4.69) is 0 Å². The second-order valence-corrected chi connectivity index (χ2v) is 10.5. The van der Waals surface area contributed by atoms with E-state index in [0.717, 1.165) is 4.90 Å². The summed E-state index contributed by atoms with van der Waals surface area (Å²) in [6, 6.07) is 9.88. The minimum Gasteiger partial charge on any atom is -0.459 e. The molecule has 3 amide bonds. The molecule has 4 atom stereocenters. The van der Waals surface area contributed by atoms with Crippen LogP contribution < -0.4 is 0 Å². The first-order chi connectivity index (χ1) is 16.7. The number of fused-ring (bicyclic) bond motifs is 2. The molecule has 0 N–H and O–H groups in total. The zero-order valence-electron chi connectivity index (χ0n) is 18.3. The van der Waals surface area contributed by atoms with E-state index in [1.807, 2.05) is 0 Å². The molecule has 0 saturated carbocycles. The van der Waals surface area contributed by atoms with E-state index in [0.29, 0.717) is 5.56 Å². The van der Waals surface area contributed by atoms with Crippen molar-refractivity contribution in [2.45, 2.75) is 35.7 Å². The molecule has 10 nitrogen and oxygen atoms in total. The number of thioether (sulfide) groups is 1. The maximum absolute atomic E-state index is 13.2. The highest BCUT2D eigenvalue weighted by Gasteiger charge is 2.68. The zero-order chi connectivity index (χ0) is 25.1. The molecule has 0 radical (unpaired) electrons. The van der Waals surface area contributed by atoms with E-state index < -0.39 is 50.8 Å². The molecule has 0 aromatic heterocycles. The summed E-state index contributed by atoms with van der Waals surface area (Å²) in [6.45, 7) is 1.58. The van der Waals surface area contributed by atoms with E-state index in [9.17, 15) is 29.3 Å². The second kappa shape index (κ2) is 8.35. The Hall–Kier alpha value is -3.44. The number of esters is 1. The quantitative estimate of drug-likeness (QED) is 0.143. The highest BCUT2D eigenvalue weighted by Crippen LogP contribution is 2.53. The molecular weight excluding hydrogens is 498 g/mol. The number of benzene rings is 2. The number of hydrogen-bond donors (Lipinski definition) is 0. The zero-order valence-corrected chi connectivity index (χ0v) is 19.8. The van der Waals surface area contributed by atoms with Gasteiger partial charge in [-0.25, -0.2) is 4.79 Å². The molecule has 3 heterocycles. The lowest BCUT2D eigenvalue weighted by atomic mass is 9.95. The van der Waals surface area contributed by atoms with Gasteiger partial charge in [0.2, 0.25) is 0 Å². The van der Waals surface area contributed by atoms with Crippen molar-refractivity contribution in [3.05, 3.63) is 75.3 Å². The van der Waals surface area contributed by atoms with Gasteiger partial charge in [0.1, 0.15) is 24.1 Å². The van der Waals surface area contributed by atoms with Crippen molar-refractivity contribution >= 4 is 52.7 Å². The summed E-state index contributed by atoms with van der Waals surface area (Å²) in [4.78, 5) is 64.7. The molecule has 2 aromatic carbocycles. The van der Waals surface area contributed by atoms with Gasteiger partial charge in [0.15, 0.2) is 0 Å². The lowest BCUT2D eigenvalue weighted by Gasteiger charge is -2.46. The number of nitro benzene ring substituents is 1. The predicted octanol–water partition coefficient (Wildman–Crippen LogP) is 2.58. The number of nitrogens with zero attached hydrogens (tertiary/aromatic N) is 3. The third kappa shape index (κ3) is 3.49. The summed E-state index contributed by atoms with van der Waals surface area (Å²) in [5, 5.41) is 10.2. The number of carbonyl (C=O) groups excluding carboxylic acids is 4. The minimum atomic E-state index is -1.04. The fourth-order valence-corrected chi connectivity index (χ4v) is 6.61. The Kier molecular flexibility index (Phi) is 5.56. The van der Waals surface area contributed by atoms with Crippen molar-refractivity contribution in [2.75, 3.05) is 5.88 Å². The molecule has 35 heavy (non-hydrogen) atoms. The molecule has 2 fully saturated rings. The van der Waals surface area contributed by atoms with Crippen molar-refractivity contribution in [3.8, 4) is 0 Å². The van der Waals surface area contributed by atoms with Crippen LogP contribution in [0.1, 0.15) is 33.2 Å². The molecule has 3 aliphatic rings. The summed E-state index contributed by atoms with van der Waals surface area (Å²) in [5.74, 6) is -2.27. The van der Waals surface area contributed by atoms with Gasteiger partial charge < -0.3 is 9.64 Å². The molecule has 12 heteroatoms. The van der Waals surface area contributed by atoms with E-state index >= 15 is 0 Å². The third-order valence-electron chi connectivity index (χ3n) is 6.42. The Balaban J connectivity index is 1.34. The van der Waals surface area contributed by atoms with Crippen LogP contribution in [0.5, 0.6) is 0 Å². The first kappa shape index (κ1) is 23.3. The Bertz CT molecular complexity index is 1250. The number of nitro groups is 1. The number of carbonyl (C=O) groups is 4. The lowest BCUT2D eigenvalue weighted by molar-refractivity contribution is -0.384. The maximum Gasteiger partial charge on any atom is 0.330 e. The van der Waals surface area contributed by atoms with Gasteiger partial charge in [0.25, 0.3) is 23.4 Å². The molecule has 5 rings (SSSR count). The highest BCUT2D eigenvalue weighted by molar-refractivity contribution is 8.01. The fraction of sp³-hybridized carbons (Fsp3) is 0.304. The van der Waals surface area contributed by atoms with Crippen LogP contribution in [0.4, 0.5) is 5.69 Å². The Morgan fingerprint density at radius 3 is 2.26 bits per heavy atom. The SMILES string of the molecule is CC1(CCl)SC2C(N3C(=O)c4ccccc4C3=O)C(=O)N2C1C(=O)OCc1ccc([N+](=O)[O-])cc1. The maximum atomic E-state index is 13.2. The van der Waals surface area contributed by atoms with Gasteiger partial charge in [0.05, 0.1) is 20.8 Å². The number of ether oxygens (including phenoxy) is 1. The Morgan fingerprint density at radius 1 is 1.11 bits per heavy atom. The summed E-state index contributed by atoms with van der Waals surface area (Å²) >= 11 is 7.48. The molecule has 3 aliphatic heterocycles. The van der Waals surface area contributed by atoms with Crippen LogP contribution in [0.25, 0.3) is 0 Å². The molecule has 4 unspecified atom stereocenters. The van der Waals surface area contributed by atoms with Gasteiger partial charge in [-0.1, -0.05) is 12.1 Å². The first-order valence-electron chi connectivity index (χ1n) is 10.6. The van der Waals surface area contributed by atoms with Crippen LogP contribution in [0.3, 0.4) is 0 Å². The highest BCUT2D eigenvalue weighted by atomic mass is 35.5. The topological polar surface area (TPSA) is 127 Å². The van der Waals surface area contributed by atoms with Crippen LogP contribution in [-0.4, -0.2) is 66.5 Å². The average molecular weight is 516 g/mol. The number of alkyl halides is 1. The van der Waals surface area contributed by atoms with Gasteiger partial charge in [-0.15, -0.1) is 23.4 Å². The van der Waals surface area contributed by atoms with Crippen molar-refractivity contribution in [1.82, 2.24) is 9.80 Å². The van der Waals surface area contributed by atoms with Crippen LogP contribution in [0, 0.1) is 10.1 Å². The van der Waals surface area contributed by atoms with Crippen LogP contribution in [-0.2, 0) is 20.9 Å². The summed E-state index contributed by atoms with van der Waals surface area (Å²) in [5.41, 5.74) is 0.935. The molecule has 180 valence electrons. The number of amides is 3. The summed E-state index contributed by atoms with van der Waals surface area (Å²) < 4.78 is 4.53. The van der Waals surface area contributed by atoms with Crippen LogP contribution in [0.2, 0.25) is 0 Å². The van der Waals surface area contributed by atoms with E-state index in [1.165, 1.54) is 40.9 Å². The second-order valence-electron chi connectivity index (χ2n) is 8.60. The van der Waals surface area contributed by atoms with Crippen LogP contribution >= 0.6 is 23.4 Å². The molecular formula is C23H18ClN3O7S. The Labute approximate surface area is 208 Å². The molecule has 2 saturated heterocycles. The number of non-ortho nitro benzene ring substituents is 1. The van der Waals surface area contributed by atoms with E-state index in [-0.39, 0.29) is 29.3 Å². The largest absolute Gasteiger partial charge is 0.459 e. The first-order valence-corrected chi connectivity index (χ1v) is 12.0. The fourth-order valence-electron chi connectivity index (χ4n) is 4.61. The molecule has 2 aromatic rings. The predicted molar refractivity (Wildman–Crippen MR) is 125 cm³/mol. The monoisotopic (exact) mass is 515 g/mol. The van der Waals surface area contributed by atoms with Crippen molar-refractivity contribution in [2.24, 2.45) is 0 Å². The number of halogens is 1. The molecule has 0 bridgehead atoms. The van der Waals surface area contributed by atoms with Gasteiger partial charge in [-0.05, 0) is 36.8 Å². The van der Waals surface area contributed by atoms with Crippen LogP contribution in [0.15, 0.2) is 48.5 Å². The number of β-lactam (4-membered cyclic amide) rings is 1. The Morgan fingerprint density at radius 2 is 1.71 bits per heavy atom. The minimum absolute atomic E-state index is 0.0179. The average Bonchev–Trinajstić information content (AvgIpc) is 3.27. The van der Waals surface area contributed by atoms with E-state index in [4.69, 9.17) is 16.3 Å². The van der Waals surface area contributed by atoms with Gasteiger partial charge >= 0.3 is 5.97 Å². The normalized spacial score (nSPS) is 26.9. The number of hydrogen-bond acceptors (Lipinski definition) is 8. The van der Waals surface area contributed by atoms with E-state index in [1.54, 1.807) is 31.2 Å². The van der Waals surface area contributed by atoms with Crippen molar-refractivity contribution in [3.63, 3.8) is 0 Å². The van der Waals surface area contributed by atoms with Crippen molar-refractivity contribution < 1.29 is 28.8 Å². The number of imide groups is 1. The molecule has 0 spiro atoms. The summed E-state index contributed by atoms with van der Waals surface area (Å²) in [7, 11) is 0. The molecule has 0 aliphatic carbocycles. The lowest BCUT2D eigenvalue weighted by Crippen LogP contribution is -2.71. The van der Waals surface area contributed by atoms with Gasteiger partial charge in [0, 0.05) is 18.0 Å². The van der Waals surface area contributed by atoms with Gasteiger partial charge in [-0.3, -0.25) is 29.4 Å². The standard InChI is InChI=1S/C23H18ClN3O7S/c1-23(11-24)17(22(31)34-10-12-6-8-13(9-7-12)27(32)33)26-20(30)16(21(26)35-23)25-18(28)14-4-2-3-5-15(14)19(25)29/h2-9,16-17,21H,10-11H2,1H3. The summed E-state index contributed by atoms with van der Waals surface area (Å²) in [6.07, 6.45) is 0. The van der Waals surface area contributed by atoms with Crippen molar-refractivity contribution in [1.29, 1.82) is 0 Å². The van der Waals surface area contributed by atoms with Gasteiger partial charge in [-0.2, -0.15) is 0 Å².